The molecule has 41 heavy (non-hydrogen) atoms. The van der Waals surface area contributed by atoms with Crippen molar-refractivity contribution in [3.8, 4) is 11.9 Å². The van der Waals surface area contributed by atoms with E-state index in [1.54, 1.807) is 6.07 Å². The van der Waals surface area contributed by atoms with E-state index in [0.717, 1.165) is 39.5 Å². The van der Waals surface area contributed by atoms with Gasteiger partial charge in [-0.2, -0.15) is 23.5 Å². The molecule has 0 aliphatic rings. The summed E-state index contributed by atoms with van der Waals surface area (Å²) in [6.45, 7) is 7.97. The lowest BCUT2D eigenvalue weighted by atomic mass is 10.0. The molecule has 6 nitrogen and oxygen atoms in total. The first-order chi connectivity index (χ1) is 19.5. The molecule has 0 saturated carbocycles. The largest absolute Gasteiger partial charge is 0.416 e. The average Bonchev–Trinajstić information content (AvgIpc) is 3.52. The van der Waals surface area contributed by atoms with E-state index in [1.807, 2.05) is 73.6 Å². The maximum atomic E-state index is 13.7. The topological polar surface area (TPSA) is 73.5 Å². The van der Waals surface area contributed by atoms with Crippen LogP contribution in [0.3, 0.4) is 0 Å². The van der Waals surface area contributed by atoms with Crippen LogP contribution in [-0.4, -0.2) is 19.7 Å². The van der Waals surface area contributed by atoms with Gasteiger partial charge in [0.2, 0.25) is 0 Å². The number of aryl methyl sites for hydroxylation is 4. The van der Waals surface area contributed by atoms with Crippen LogP contribution in [0.25, 0.3) is 27.6 Å². The summed E-state index contributed by atoms with van der Waals surface area (Å²) in [5.74, 6) is 1.58. The third-order valence-corrected chi connectivity index (χ3v) is 7.20. The molecular formula is C32H25F3N6. The summed E-state index contributed by atoms with van der Waals surface area (Å²) in [6, 6.07) is 23.0. The van der Waals surface area contributed by atoms with Crippen molar-refractivity contribution in [2.75, 3.05) is 4.90 Å². The van der Waals surface area contributed by atoms with Gasteiger partial charge < -0.3 is 0 Å². The second-order valence-electron chi connectivity index (χ2n) is 10.3. The smallest absolute Gasteiger partial charge is 0.294 e. The van der Waals surface area contributed by atoms with Crippen molar-refractivity contribution in [3.63, 3.8) is 0 Å². The number of nitrogens with zero attached hydrogens (tertiary/aromatic N) is 5. The van der Waals surface area contributed by atoms with Gasteiger partial charge in [-0.1, -0.05) is 35.4 Å². The summed E-state index contributed by atoms with van der Waals surface area (Å²) < 4.78 is 42.8. The van der Waals surface area contributed by atoms with Crippen molar-refractivity contribution in [2.24, 2.45) is 0 Å². The monoisotopic (exact) mass is 550 g/mol. The van der Waals surface area contributed by atoms with Gasteiger partial charge in [0.05, 0.1) is 22.3 Å². The highest BCUT2D eigenvalue weighted by Gasteiger charge is 2.31. The Kier molecular flexibility index (Phi) is 6.07. The first-order valence-electron chi connectivity index (χ1n) is 13.0. The summed E-state index contributed by atoms with van der Waals surface area (Å²) in [5, 5.41) is 17.8. The van der Waals surface area contributed by atoms with Crippen LogP contribution in [0, 0.1) is 39.0 Å². The number of nitriles is 1. The molecule has 0 aliphatic heterocycles. The highest BCUT2D eigenvalue weighted by atomic mass is 19.4. The van der Waals surface area contributed by atoms with Gasteiger partial charge in [-0.3, -0.25) is 14.6 Å². The zero-order chi connectivity index (χ0) is 29.1. The van der Waals surface area contributed by atoms with Crippen molar-refractivity contribution in [3.05, 3.63) is 106 Å². The molecule has 0 fully saturated rings. The number of aromatic nitrogens is 4. The number of rotatable bonds is 4. The Bertz CT molecular complexity index is 1990. The minimum absolute atomic E-state index is 0.307. The molecule has 0 atom stereocenters. The lowest BCUT2D eigenvalue weighted by Gasteiger charge is -2.26. The summed E-state index contributed by atoms with van der Waals surface area (Å²) in [6.07, 6.45) is -4.46. The lowest BCUT2D eigenvalue weighted by Crippen LogP contribution is -2.16. The SMILES string of the molecule is Cc1cc(C)c(N(c2cc(C#N)[nH]n2)c2cccc(-n3c4ccc(C)cc4c4cc(C(F)(F)F)ccc43)n2)c(C)c1. The van der Waals surface area contributed by atoms with Gasteiger partial charge in [0.15, 0.2) is 5.82 Å². The lowest BCUT2D eigenvalue weighted by molar-refractivity contribution is -0.137. The van der Waals surface area contributed by atoms with Crippen LogP contribution in [0.2, 0.25) is 0 Å². The number of fused-ring (bicyclic) bond motifs is 3. The normalized spacial score (nSPS) is 11.8. The average molecular weight is 551 g/mol. The van der Waals surface area contributed by atoms with E-state index in [0.29, 0.717) is 39.4 Å². The molecule has 0 saturated heterocycles. The minimum Gasteiger partial charge on any atom is -0.294 e. The van der Waals surface area contributed by atoms with Crippen molar-refractivity contribution in [1.29, 1.82) is 5.26 Å². The van der Waals surface area contributed by atoms with Gasteiger partial charge in [-0.05, 0) is 81.3 Å². The standard InChI is InChI=1S/C32H25F3N6/c1-18-8-10-26-24(14-18)25-15-22(32(33,34)35)9-11-27(25)40(26)28-6-5-7-29(37-28)41(30-16-23(17-36)38-39-30)31-20(3)12-19(2)13-21(31)4/h5-16H,1-4H3,(H,38,39). The summed E-state index contributed by atoms with van der Waals surface area (Å²) in [7, 11) is 0. The van der Waals surface area contributed by atoms with Crippen molar-refractivity contribution >= 4 is 39.1 Å². The maximum Gasteiger partial charge on any atom is 0.416 e. The van der Waals surface area contributed by atoms with Crippen LogP contribution in [0.15, 0.2) is 72.8 Å². The Balaban J connectivity index is 1.61. The number of H-pyrrole nitrogens is 1. The quantitative estimate of drug-likeness (QED) is 0.239. The van der Waals surface area contributed by atoms with Crippen LogP contribution >= 0.6 is 0 Å². The zero-order valence-corrected chi connectivity index (χ0v) is 22.8. The number of hydrogen-bond donors (Lipinski definition) is 1. The van der Waals surface area contributed by atoms with Crippen LogP contribution in [0.4, 0.5) is 30.5 Å². The molecule has 1 N–H and O–H groups in total. The molecule has 3 heterocycles. The fourth-order valence-electron chi connectivity index (χ4n) is 5.58. The Morgan fingerprint density at radius 1 is 0.805 bits per heavy atom. The predicted octanol–water partition coefficient (Wildman–Crippen LogP) is 8.50. The summed E-state index contributed by atoms with van der Waals surface area (Å²) in [4.78, 5) is 6.93. The number of benzene rings is 3. The van der Waals surface area contributed by atoms with Gasteiger partial charge >= 0.3 is 6.18 Å². The molecular weight excluding hydrogens is 525 g/mol. The van der Waals surface area contributed by atoms with Crippen molar-refractivity contribution < 1.29 is 13.2 Å². The highest BCUT2D eigenvalue weighted by Crippen LogP contribution is 2.40. The van der Waals surface area contributed by atoms with Crippen LogP contribution < -0.4 is 4.90 Å². The van der Waals surface area contributed by atoms with E-state index in [-0.39, 0.29) is 0 Å². The number of anilines is 3. The van der Waals surface area contributed by atoms with Crippen LogP contribution in [0.5, 0.6) is 0 Å². The van der Waals surface area contributed by atoms with E-state index < -0.39 is 11.7 Å². The summed E-state index contributed by atoms with van der Waals surface area (Å²) in [5.41, 5.74) is 5.91. The number of nitrogens with one attached hydrogen (secondary N) is 1. The third-order valence-electron chi connectivity index (χ3n) is 7.20. The minimum atomic E-state index is -4.46. The second kappa shape index (κ2) is 9.52. The molecule has 0 aliphatic carbocycles. The molecule has 0 radical (unpaired) electrons. The van der Waals surface area contributed by atoms with Crippen LogP contribution in [0.1, 0.15) is 33.5 Å². The number of hydrogen-bond acceptors (Lipinski definition) is 4. The molecule has 0 spiro atoms. The maximum absolute atomic E-state index is 13.7. The fourth-order valence-corrected chi connectivity index (χ4v) is 5.58. The predicted molar refractivity (Wildman–Crippen MR) is 154 cm³/mol. The Hall–Kier alpha value is -5.10. The number of alkyl halides is 3. The summed E-state index contributed by atoms with van der Waals surface area (Å²) >= 11 is 0. The van der Waals surface area contributed by atoms with Crippen LogP contribution in [-0.2, 0) is 6.18 Å². The molecule has 3 aromatic carbocycles. The second-order valence-corrected chi connectivity index (χ2v) is 10.3. The fraction of sp³-hybridized carbons (Fsp3) is 0.156. The molecule has 3 aromatic heterocycles. The Labute approximate surface area is 234 Å². The van der Waals surface area contributed by atoms with Gasteiger partial charge in [-0.25, -0.2) is 4.98 Å². The van der Waals surface area contributed by atoms with E-state index in [2.05, 4.69) is 28.4 Å². The number of halogens is 3. The van der Waals surface area contributed by atoms with Gasteiger partial charge in [0, 0.05) is 16.8 Å². The van der Waals surface area contributed by atoms with Gasteiger partial charge in [0.1, 0.15) is 23.4 Å². The number of pyridine rings is 1. The van der Waals surface area contributed by atoms with E-state index in [4.69, 9.17) is 4.98 Å². The first-order valence-corrected chi connectivity index (χ1v) is 13.0. The first kappa shape index (κ1) is 26.1. The van der Waals surface area contributed by atoms with Crippen molar-refractivity contribution in [1.82, 2.24) is 19.7 Å². The third kappa shape index (κ3) is 4.47. The molecule has 0 bridgehead atoms. The zero-order valence-electron chi connectivity index (χ0n) is 22.8. The Morgan fingerprint density at radius 2 is 1.49 bits per heavy atom. The van der Waals surface area contributed by atoms with E-state index >= 15 is 0 Å². The molecule has 204 valence electrons. The highest BCUT2D eigenvalue weighted by molar-refractivity contribution is 6.09. The molecule has 0 amide bonds. The number of aromatic amines is 1. The van der Waals surface area contributed by atoms with Gasteiger partial charge in [-0.15, -0.1) is 0 Å². The van der Waals surface area contributed by atoms with Crippen molar-refractivity contribution in [2.45, 2.75) is 33.9 Å². The molecule has 6 rings (SSSR count). The Morgan fingerprint density at radius 3 is 2.15 bits per heavy atom. The molecule has 0 unspecified atom stereocenters. The van der Waals surface area contributed by atoms with E-state index in [1.165, 1.54) is 12.1 Å². The van der Waals surface area contributed by atoms with Gasteiger partial charge in [0.25, 0.3) is 0 Å². The molecule has 9 heteroatoms. The molecule has 6 aromatic rings. The van der Waals surface area contributed by atoms with E-state index in [9.17, 15) is 18.4 Å².